The molecule has 0 unspecified atom stereocenters. The lowest BCUT2D eigenvalue weighted by Gasteiger charge is -2.26. The fraction of sp³-hybridized carbons (Fsp3) is 0.235. The molecule has 0 aromatic heterocycles. The highest BCUT2D eigenvalue weighted by molar-refractivity contribution is 8.19. The van der Waals surface area contributed by atoms with E-state index in [9.17, 15) is 4.79 Å². The molecule has 0 bridgehead atoms. The Morgan fingerprint density at radius 2 is 1.38 bits per heavy atom. The molecular weight excluding hydrogens is 298 g/mol. The fourth-order valence-corrected chi connectivity index (χ4v) is 5.35. The van der Waals surface area contributed by atoms with Gasteiger partial charge in [0.2, 0.25) is 5.91 Å². The van der Waals surface area contributed by atoms with Gasteiger partial charge in [0.15, 0.2) is 4.08 Å². The Morgan fingerprint density at radius 3 is 1.76 bits per heavy atom. The van der Waals surface area contributed by atoms with Crippen molar-refractivity contribution in [3.63, 3.8) is 0 Å². The standard InChI is InChI=1S/C17H17NOS2/c1-18-13-12-17(16(18)19,20-14-8-4-2-5-9-14)21-15-10-6-3-7-11-15/h2-11H,12-13H2,1H3. The summed E-state index contributed by atoms with van der Waals surface area (Å²) in [6.45, 7) is 0.818. The first kappa shape index (κ1) is 14.5. The number of hydrogen-bond acceptors (Lipinski definition) is 3. The molecule has 1 amide bonds. The van der Waals surface area contributed by atoms with Gasteiger partial charge in [0.05, 0.1) is 0 Å². The first-order valence-electron chi connectivity index (χ1n) is 6.93. The van der Waals surface area contributed by atoms with Gasteiger partial charge >= 0.3 is 0 Å². The van der Waals surface area contributed by atoms with Crippen molar-refractivity contribution >= 4 is 29.4 Å². The van der Waals surface area contributed by atoms with Crippen LogP contribution in [-0.4, -0.2) is 28.5 Å². The Labute approximate surface area is 133 Å². The van der Waals surface area contributed by atoms with E-state index >= 15 is 0 Å². The monoisotopic (exact) mass is 315 g/mol. The van der Waals surface area contributed by atoms with Gasteiger partial charge in [0.1, 0.15) is 0 Å². The first-order valence-corrected chi connectivity index (χ1v) is 8.57. The lowest BCUT2D eigenvalue weighted by atomic mass is 10.3. The number of thioether (sulfide) groups is 2. The summed E-state index contributed by atoms with van der Waals surface area (Å²) in [5.74, 6) is 0.213. The SMILES string of the molecule is CN1CCC(Sc2ccccc2)(Sc2ccccc2)C1=O. The summed E-state index contributed by atoms with van der Waals surface area (Å²) >= 11 is 3.35. The second kappa shape index (κ2) is 6.16. The molecule has 2 aromatic carbocycles. The molecule has 108 valence electrons. The van der Waals surface area contributed by atoms with E-state index in [0.717, 1.165) is 22.8 Å². The number of carbonyl (C=O) groups is 1. The Hall–Kier alpha value is -1.39. The summed E-state index contributed by atoms with van der Waals surface area (Å²) in [5.41, 5.74) is 0. The molecule has 3 rings (SSSR count). The molecule has 2 nitrogen and oxygen atoms in total. The van der Waals surface area contributed by atoms with Crippen LogP contribution in [-0.2, 0) is 4.79 Å². The predicted octanol–water partition coefficient (Wildman–Crippen LogP) is 4.13. The van der Waals surface area contributed by atoms with Crippen molar-refractivity contribution in [2.45, 2.75) is 20.3 Å². The van der Waals surface area contributed by atoms with Crippen molar-refractivity contribution in [1.29, 1.82) is 0 Å². The van der Waals surface area contributed by atoms with Crippen molar-refractivity contribution in [1.82, 2.24) is 4.90 Å². The third-order valence-electron chi connectivity index (χ3n) is 3.50. The zero-order valence-electron chi connectivity index (χ0n) is 11.9. The molecule has 1 heterocycles. The summed E-state index contributed by atoms with van der Waals surface area (Å²) in [5, 5.41) is 0. The summed E-state index contributed by atoms with van der Waals surface area (Å²) in [6, 6.07) is 20.4. The molecule has 0 aliphatic carbocycles. The van der Waals surface area contributed by atoms with Crippen LogP contribution < -0.4 is 0 Å². The van der Waals surface area contributed by atoms with Crippen molar-refractivity contribution in [3.8, 4) is 0 Å². The Kier molecular flexibility index (Phi) is 4.27. The molecule has 0 atom stereocenters. The molecule has 1 aliphatic rings. The van der Waals surface area contributed by atoms with Crippen molar-refractivity contribution in [2.24, 2.45) is 0 Å². The number of benzene rings is 2. The van der Waals surface area contributed by atoms with Gasteiger partial charge in [-0.1, -0.05) is 59.9 Å². The molecule has 0 spiro atoms. The van der Waals surface area contributed by atoms with E-state index in [0.29, 0.717) is 0 Å². The molecule has 0 radical (unpaired) electrons. The molecule has 0 N–H and O–H groups in total. The average molecular weight is 315 g/mol. The minimum atomic E-state index is -0.447. The quantitative estimate of drug-likeness (QED) is 0.791. The van der Waals surface area contributed by atoms with E-state index in [-0.39, 0.29) is 5.91 Å². The third kappa shape index (κ3) is 3.11. The van der Waals surface area contributed by atoms with Gasteiger partial charge in [-0.25, -0.2) is 0 Å². The van der Waals surface area contributed by atoms with Gasteiger partial charge in [-0.3, -0.25) is 4.79 Å². The largest absolute Gasteiger partial charge is 0.344 e. The number of carbonyl (C=O) groups excluding carboxylic acids is 1. The lowest BCUT2D eigenvalue weighted by Crippen LogP contribution is -2.32. The van der Waals surface area contributed by atoms with Gasteiger partial charge in [-0.15, -0.1) is 0 Å². The normalized spacial score (nSPS) is 17.2. The molecule has 2 aromatic rings. The second-order valence-electron chi connectivity index (χ2n) is 5.06. The number of likely N-dealkylation sites (tertiary alicyclic amines) is 1. The van der Waals surface area contributed by atoms with Crippen LogP contribution >= 0.6 is 23.5 Å². The predicted molar refractivity (Wildman–Crippen MR) is 89.6 cm³/mol. The number of rotatable bonds is 4. The Morgan fingerprint density at radius 1 is 0.905 bits per heavy atom. The number of amides is 1. The highest BCUT2D eigenvalue weighted by Crippen LogP contribution is 2.51. The van der Waals surface area contributed by atoms with E-state index in [1.54, 1.807) is 23.5 Å². The molecule has 1 fully saturated rings. The summed E-state index contributed by atoms with van der Waals surface area (Å²) in [6.07, 6.45) is 0.863. The van der Waals surface area contributed by atoms with Crippen LogP contribution in [0.3, 0.4) is 0 Å². The van der Waals surface area contributed by atoms with Crippen LogP contribution in [0.4, 0.5) is 0 Å². The maximum atomic E-state index is 12.7. The molecule has 0 saturated carbocycles. The average Bonchev–Trinajstić information content (AvgIpc) is 2.78. The highest BCUT2D eigenvalue weighted by Gasteiger charge is 2.47. The Balaban J connectivity index is 1.90. The zero-order chi connectivity index (χ0) is 14.7. The van der Waals surface area contributed by atoms with Crippen LogP contribution in [0.5, 0.6) is 0 Å². The minimum Gasteiger partial charge on any atom is -0.344 e. The van der Waals surface area contributed by atoms with Gasteiger partial charge in [-0.05, 0) is 30.7 Å². The third-order valence-corrected chi connectivity index (χ3v) is 6.43. The van der Waals surface area contributed by atoms with E-state index < -0.39 is 4.08 Å². The van der Waals surface area contributed by atoms with Crippen molar-refractivity contribution < 1.29 is 4.79 Å². The van der Waals surface area contributed by atoms with Crippen molar-refractivity contribution in [2.75, 3.05) is 13.6 Å². The van der Waals surface area contributed by atoms with Gasteiger partial charge in [0.25, 0.3) is 0 Å². The number of hydrogen-bond donors (Lipinski definition) is 0. The molecule has 1 saturated heterocycles. The van der Waals surface area contributed by atoms with E-state index in [1.165, 1.54) is 0 Å². The topological polar surface area (TPSA) is 20.3 Å². The first-order chi connectivity index (χ1) is 10.2. The number of nitrogens with zero attached hydrogens (tertiary/aromatic N) is 1. The maximum Gasteiger partial charge on any atom is 0.249 e. The van der Waals surface area contributed by atoms with Crippen LogP contribution in [0.1, 0.15) is 6.42 Å². The van der Waals surface area contributed by atoms with Crippen LogP contribution in [0.15, 0.2) is 70.5 Å². The van der Waals surface area contributed by atoms with Crippen LogP contribution in [0.2, 0.25) is 0 Å². The van der Waals surface area contributed by atoms with E-state index in [1.807, 2.05) is 48.3 Å². The van der Waals surface area contributed by atoms with Crippen molar-refractivity contribution in [3.05, 3.63) is 60.7 Å². The fourth-order valence-electron chi connectivity index (χ4n) is 2.38. The molecular formula is C17H17NOS2. The maximum absolute atomic E-state index is 12.7. The molecule has 1 aliphatic heterocycles. The second-order valence-corrected chi connectivity index (χ2v) is 8.06. The minimum absolute atomic E-state index is 0.213. The van der Waals surface area contributed by atoms with Gasteiger partial charge in [-0.2, -0.15) is 0 Å². The van der Waals surface area contributed by atoms with E-state index in [4.69, 9.17) is 0 Å². The smallest absolute Gasteiger partial charge is 0.249 e. The van der Waals surface area contributed by atoms with E-state index in [2.05, 4.69) is 24.3 Å². The van der Waals surface area contributed by atoms with Crippen LogP contribution in [0, 0.1) is 0 Å². The zero-order valence-corrected chi connectivity index (χ0v) is 13.5. The molecule has 21 heavy (non-hydrogen) atoms. The van der Waals surface area contributed by atoms with Gasteiger partial charge < -0.3 is 4.90 Å². The summed E-state index contributed by atoms with van der Waals surface area (Å²) < 4.78 is -0.447. The van der Waals surface area contributed by atoms with Crippen LogP contribution in [0.25, 0.3) is 0 Å². The highest BCUT2D eigenvalue weighted by atomic mass is 32.2. The molecule has 4 heteroatoms. The lowest BCUT2D eigenvalue weighted by molar-refractivity contribution is -0.126. The summed E-state index contributed by atoms with van der Waals surface area (Å²) in [7, 11) is 1.89. The summed E-state index contributed by atoms with van der Waals surface area (Å²) in [4.78, 5) is 16.8. The Bertz CT molecular complexity index is 574. The van der Waals surface area contributed by atoms with Gasteiger partial charge in [0, 0.05) is 23.4 Å².